The maximum Gasteiger partial charge on any atom is 0.253 e. The number of pyridine rings is 1. The highest BCUT2D eigenvalue weighted by Crippen LogP contribution is 2.29. The van der Waals surface area contributed by atoms with Crippen LogP contribution in [0.5, 0.6) is 0 Å². The summed E-state index contributed by atoms with van der Waals surface area (Å²) in [6.45, 7) is 3.00. The number of fused-ring (bicyclic) bond motifs is 1. The van der Waals surface area contributed by atoms with Crippen molar-refractivity contribution >= 4 is 5.91 Å². The second-order valence-electron chi connectivity index (χ2n) is 9.16. The molecule has 2 fully saturated rings. The Hall–Kier alpha value is -1.46. The van der Waals surface area contributed by atoms with Gasteiger partial charge in [0.1, 0.15) is 0 Å². The molecule has 1 aliphatic heterocycles. The number of aromatic nitrogens is 1. The summed E-state index contributed by atoms with van der Waals surface area (Å²) in [5.74, 6) is 1.13. The van der Waals surface area contributed by atoms with Crippen LogP contribution in [0, 0.1) is 11.8 Å². The van der Waals surface area contributed by atoms with Crippen LogP contribution in [0.25, 0.3) is 0 Å². The number of carbonyl (C=O) groups is 1. The Balaban J connectivity index is 1.35. The second kappa shape index (κ2) is 9.36. The average molecular weight is 386 g/mol. The van der Waals surface area contributed by atoms with Crippen LogP contribution in [-0.2, 0) is 13.1 Å². The summed E-state index contributed by atoms with van der Waals surface area (Å²) in [4.78, 5) is 19.9. The van der Waals surface area contributed by atoms with E-state index in [2.05, 4.69) is 15.2 Å². The Morgan fingerprint density at radius 3 is 2.54 bits per heavy atom. The van der Waals surface area contributed by atoms with Crippen LogP contribution in [-0.4, -0.2) is 40.1 Å². The Morgan fingerprint density at radius 1 is 1.11 bits per heavy atom. The molecule has 0 spiro atoms. The van der Waals surface area contributed by atoms with Gasteiger partial charge in [0, 0.05) is 25.8 Å². The number of hydrogen-bond donors (Lipinski definition) is 2. The Bertz CT molecular complexity index is 666. The molecule has 5 nitrogen and oxygen atoms in total. The average Bonchev–Trinajstić information content (AvgIpc) is 3.14. The molecule has 3 aliphatic rings. The highest BCUT2D eigenvalue weighted by Gasteiger charge is 2.27. The fraction of sp³-hybridized carbons (Fsp3) is 0.739. The summed E-state index contributed by atoms with van der Waals surface area (Å²) in [5.41, 5.74) is 2.95. The third-order valence-corrected chi connectivity index (χ3v) is 7.06. The zero-order valence-corrected chi connectivity index (χ0v) is 17.0. The second-order valence-corrected chi connectivity index (χ2v) is 9.16. The van der Waals surface area contributed by atoms with E-state index in [4.69, 9.17) is 0 Å². The fourth-order valence-electron chi connectivity index (χ4n) is 5.42. The first-order valence-electron chi connectivity index (χ1n) is 11.3. The molecule has 2 aliphatic carbocycles. The molecule has 1 aromatic rings. The largest absolute Gasteiger partial charge is 0.394 e. The maximum atomic E-state index is 12.8. The van der Waals surface area contributed by atoms with Crippen molar-refractivity contribution in [1.29, 1.82) is 0 Å². The maximum absolute atomic E-state index is 12.8. The summed E-state index contributed by atoms with van der Waals surface area (Å²) in [6, 6.07) is 1.89. The lowest BCUT2D eigenvalue weighted by Gasteiger charge is -2.29. The molecule has 0 bridgehead atoms. The van der Waals surface area contributed by atoms with Gasteiger partial charge in [0.2, 0.25) is 0 Å². The minimum Gasteiger partial charge on any atom is -0.394 e. The standard InChI is InChI=1S/C23H35N3O2/c27-16-22(18-9-5-2-6-10-18)25-23(28)19-11-20-14-26(15-21(20)24-12-19)13-17-7-3-1-4-8-17/h11-12,17-18,22,27H,1-10,13-16H2,(H,25,28)/t22-/m0/s1. The van der Waals surface area contributed by atoms with E-state index >= 15 is 0 Å². The molecule has 1 aromatic heterocycles. The summed E-state index contributed by atoms with van der Waals surface area (Å²) in [6.07, 6.45) is 14.5. The first-order chi connectivity index (χ1) is 13.7. The molecule has 2 saturated carbocycles. The zero-order valence-electron chi connectivity index (χ0n) is 17.0. The van der Waals surface area contributed by atoms with Crippen molar-refractivity contribution in [2.45, 2.75) is 83.3 Å². The summed E-state index contributed by atoms with van der Waals surface area (Å²) in [5, 5.41) is 12.9. The van der Waals surface area contributed by atoms with Gasteiger partial charge in [-0.1, -0.05) is 38.5 Å². The van der Waals surface area contributed by atoms with E-state index < -0.39 is 0 Å². The monoisotopic (exact) mass is 385 g/mol. The van der Waals surface area contributed by atoms with Crippen molar-refractivity contribution < 1.29 is 9.90 Å². The van der Waals surface area contributed by atoms with Gasteiger partial charge < -0.3 is 10.4 Å². The van der Waals surface area contributed by atoms with Crippen LogP contribution in [0.4, 0.5) is 0 Å². The third kappa shape index (κ3) is 4.74. The first kappa shape index (κ1) is 19.8. The Kier molecular flexibility index (Phi) is 6.63. The number of rotatable bonds is 6. The van der Waals surface area contributed by atoms with E-state index in [-0.39, 0.29) is 18.6 Å². The fourth-order valence-corrected chi connectivity index (χ4v) is 5.42. The predicted octanol–water partition coefficient (Wildman–Crippen LogP) is 3.65. The molecule has 28 heavy (non-hydrogen) atoms. The zero-order chi connectivity index (χ0) is 19.3. The van der Waals surface area contributed by atoms with E-state index in [1.54, 1.807) is 6.20 Å². The molecule has 0 unspecified atom stereocenters. The van der Waals surface area contributed by atoms with E-state index in [1.165, 1.54) is 56.9 Å². The molecule has 0 saturated heterocycles. The van der Waals surface area contributed by atoms with Gasteiger partial charge in [-0.05, 0) is 49.1 Å². The van der Waals surface area contributed by atoms with Crippen molar-refractivity contribution in [2.24, 2.45) is 11.8 Å². The van der Waals surface area contributed by atoms with E-state index in [1.807, 2.05) is 6.07 Å². The number of nitrogens with one attached hydrogen (secondary N) is 1. The summed E-state index contributed by atoms with van der Waals surface area (Å²) < 4.78 is 0. The SMILES string of the molecule is O=C(N[C@@H](CO)C1CCCCC1)c1cnc2c(c1)CN(CC1CCCCC1)C2. The van der Waals surface area contributed by atoms with Gasteiger partial charge in [0.25, 0.3) is 5.91 Å². The highest BCUT2D eigenvalue weighted by atomic mass is 16.3. The van der Waals surface area contributed by atoms with Gasteiger partial charge in [-0.3, -0.25) is 14.7 Å². The lowest BCUT2D eigenvalue weighted by atomic mass is 9.84. The lowest BCUT2D eigenvalue weighted by Crippen LogP contribution is -2.43. The van der Waals surface area contributed by atoms with Crippen LogP contribution in [0.2, 0.25) is 0 Å². The van der Waals surface area contributed by atoms with Crippen LogP contribution in [0.15, 0.2) is 12.3 Å². The highest BCUT2D eigenvalue weighted by molar-refractivity contribution is 5.94. The number of hydrogen-bond acceptors (Lipinski definition) is 4. The van der Waals surface area contributed by atoms with Crippen molar-refractivity contribution in [1.82, 2.24) is 15.2 Å². The van der Waals surface area contributed by atoms with Gasteiger partial charge in [0.15, 0.2) is 0 Å². The van der Waals surface area contributed by atoms with Crippen molar-refractivity contribution in [2.75, 3.05) is 13.2 Å². The van der Waals surface area contributed by atoms with Gasteiger partial charge in [-0.2, -0.15) is 0 Å². The molecule has 1 amide bonds. The van der Waals surface area contributed by atoms with Gasteiger partial charge in [-0.25, -0.2) is 0 Å². The normalized spacial score (nSPS) is 22.8. The van der Waals surface area contributed by atoms with Crippen LogP contribution in [0.1, 0.15) is 85.8 Å². The van der Waals surface area contributed by atoms with Gasteiger partial charge >= 0.3 is 0 Å². The summed E-state index contributed by atoms with van der Waals surface area (Å²) >= 11 is 0. The number of amides is 1. The molecular formula is C23H35N3O2. The number of carbonyl (C=O) groups excluding carboxylic acids is 1. The molecule has 4 rings (SSSR count). The molecule has 0 radical (unpaired) electrons. The number of nitrogens with zero attached hydrogens (tertiary/aromatic N) is 2. The molecule has 154 valence electrons. The van der Waals surface area contributed by atoms with Crippen LogP contribution >= 0.6 is 0 Å². The third-order valence-electron chi connectivity index (χ3n) is 7.06. The summed E-state index contributed by atoms with van der Waals surface area (Å²) in [7, 11) is 0. The molecule has 2 N–H and O–H groups in total. The quantitative estimate of drug-likeness (QED) is 0.784. The van der Waals surface area contributed by atoms with Crippen LogP contribution in [0.3, 0.4) is 0 Å². The first-order valence-corrected chi connectivity index (χ1v) is 11.3. The minimum atomic E-state index is -0.135. The van der Waals surface area contributed by atoms with E-state index in [0.717, 1.165) is 44.1 Å². The number of aliphatic hydroxyl groups excluding tert-OH is 1. The van der Waals surface area contributed by atoms with Crippen molar-refractivity contribution in [3.63, 3.8) is 0 Å². The number of aliphatic hydroxyl groups is 1. The lowest BCUT2D eigenvalue weighted by molar-refractivity contribution is 0.0870. The van der Waals surface area contributed by atoms with Crippen molar-refractivity contribution in [3.8, 4) is 0 Å². The molecular weight excluding hydrogens is 350 g/mol. The van der Waals surface area contributed by atoms with Gasteiger partial charge in [-0.15, -0.1) is 0 Å². The van der Waals surface area contributed by atoms with E-state index in [0.29, 0.717) is 11.5 Å². The van der Waals surface area contributed by atoms with Gasteiger partial charge in [0.05, 0.1) is 23.9 Å². The van der Waals surface area contributed by atoms with Crippen LogP contribution < -0.4 is 5.32 Å². The molecule has 5 heteroatoms. The molecule has 0 aromatic carbocycles. The Morgan fingerprint density at radius 2 is 1.82 bits per heavy atom. The molecule has 2 heterocycles. The minimum absolute atomic E-state index is 0.0178. The Labute approximate surface area is 168 Å². The van der Waals surface area contributed by atoms with Crippen molar-refractivity contribution in [3.05, 3.63) is 29.1 Å². The molecule has 1 atom stereocenters. The van der Waals surface area contributed by atoms with E-state index in [9.17, 15) is 9.90 Å². The smallest absolute Gasteiger partial charge is 0.253 e. The topological polar surface area (TPSA) is 65.5 Å². The predicted molar refractivity (Wildman–Crippen MR) is 110 cm³/mol.